The van der Waals surface area contributed by atoms with Crippen LogP contribution in [0.25, 0.3) is 0 Å². The normalized spacial score (nSPS) is 17.1. The van der Waals surface area contributed by atoms with Gasteiger partial charge < -0.3 is 15.1 Å². The number of ketones is 1. The number of carbonyl (C=O) groups excluding carboxylic acids is 3. The van der Waals surface area contributed by atoms with Gasteiger partial charge in [-0.2, -0.15) is 0 Å². The van der Waals surface area contributed by atoms with Crippen LogP contribution in [0, 0.1) is 5.92 Å². The number of Topliss-reactive ketones (excluding diaryl/α,β-unsaturated/α-hetero) is 1. The molecule has 1 fully saturated rings. The van der Waals surface area contributed by atoms with Gasteiger partial charge in [-0.25, -0.2) is 0 Å². The van der Waals surface area contributed by atoms with Crippen LogP contribution in [-0.4, -0.2) is 67.7 Å². The van der Waals surface area contributed by atoms with Crippen LogP contribution in [0.5, 0.6) is 0 Å². The Kier molecular flexibility index (Phi) is 7.51. The third-order valence-electron chi connectivity index (χ3n) is 4.31. The number of carbonyl (C=O) groups is 3. The van der Waals surface area contributed by atoms with Gasteiger partial charge >= 0.3 is 0 Å². The SMILES string of the molecule is CC(C(=O)C(=O)NCC1CCCCC1)N(C)C(=O)CN(C)C. The minimum atomic E-state index is -0.737. The van der Waals surface area contributed by atoms with Crippen LogP contribution in [0.4, 0.5) is 0 Å². The third kappa shape index (κ3) is 5.75. The predicted molar refractivity (Wildman–Crippen MR) is 85.4 cm³/mol. The first-order valence-electron chi connectivity index (χ1n) is 8.05. The molecule has 1 N–H and O–H groups in total. The molecule has 1 aliphatic carbocycles. The molecule has 22 heavy (non-hydrogen) atoms. The zero-order valence-corrected chi connectivity index (χ0v) is 14.2. The van der Waals surface area contributed by atoms with Crippen molar-refractivity contribution in [3.63, 3.8) is 0 Å². The van der Waals surface area contributed by atoms with E-state index < -0.39 is 17.7 Å². The first-order chi connectivity index (χ1) is 10.3. The van der Waals surface area contributed by atoms with Crippen molar-refractivity contribution >= 4 is 17.6 Å². The van der Waals surface area contributed by atoms with E-state index in [-0.39, 0.29) is 12.5 Å². The quantitative estimate of drug-likeness (QED) is 0.701. The van der Waals surface area contributed by atoms with E-state index in [0.717, 1.165) is 12.8 Å². The summed E-state index contributed by atoms with van der Waals surface area (Å²) in [5.41, 5.74) is 0. The summed E-state index contributed by atoms with van der Waals surface area (Å²) < 4.78 is 0. The van der Waals surface area contributed by atoms with Gasteiger partial charge in [0.2, 0.25) is 11.7 Å². The van der Waals surface area contributed by atoms with Gasteiger partial charge in [0.1, 0.15) is 0 Å². The van der Waals surface area contributed by atoms with Crippen LogP contribution in [0.2, 0.25) is 0 Å². The molecule has 0 aliphatic heterocycles. The molecule has 6 heteroatoms. The van der Waals surface area contributed by atoms with Crippen LogP contribution in [-0.2, 0) is 14.4 Å². The molecule has 1 unspecified atom stereocenters. The van der Waals surface area contributed by atoms with Gasteiger partial charge in [-0.3, -0.25) is 14.4 Å². The van der Waals surface area contributed by atoms with Gasteiger partial charge in [-0.15, -0.1) is 0 Å². The Balaban J connectivity index is 2.43. The summed E-state index contributed by atoms with van der Waals surface area (Å²) >= 11 is 0. The zero-order valence-electron chi connectivity index (χ0n) is 14.2. The number of likely N-dealkylation sites (N-methyl/N-ethyl adjacent to an activating group) is 2. The molecule has 6 nitrogen and oxygen atoms in total. The van der Waals surface area contributed by atoms with Crippen molar-refractivity contribution in [3.8, 4) is 0 Å². The second-order valence-electron chi connectivity index (χ2n) is 6.50. The highest BCUT2D eigenvalue weighted by Gasteiger charge is 2.28. The molecule has 0 saturated heterocycles. The number of hydrogen-bond acceptors (Lipinski definition) is 4. The number of hydrogen-bond donors (Lipinski definition) is 1. The van der Waals surface area contributed by atoms with E-state index in [1.54, 1.807) is 33.0 Å². The van der Waals surface area contributed by atoms with Crippen LogP contribution >= 0.6 is 0 Å². The Hall–Kier alpha value is -1.43. The summed E-state index contributed by atoms with van der Waals surface area (Å²) in [5, 5.41) is 2.73. The Bertz CT molecular complexity index is 403. The lowest BCUT2D eigenvalue weighted by atomic mass is 9.89. The van der Waals surface area contributed by atoms with Gasteiger partial charge in [-0.1, -0.05) is 19.3 Å². The smallest absolute Gasteiger partial charge is 0.289 e. The van der Waals surface area contributed by atoms with Crippen molar-refractivity contribution in [1.82, 2.24) is 15.1 Å². The molecular weight excluding hydrogens is 282 g/mol. The van der Waals surface area contributed by atoms with Crippen LogP contribution in [0.1, 0.15) is 39.0 Å². The van der Waals surface area contributed by atoms with Gasteiger partial charge in [-0.05, 0) is 39.8 Å². The fourth-order valence-corrected chi connectivity index (χ4v) is 2.68. The fraction of sp³-hybridized carbons (Fsp3) is 0.812. The second kappa shape index (κ2) is 8.88. The standard InChI is InChI=1S/C16H29N3O3/c1-12(19(4)14(20)11-18(2)3)15(21)16(22)17-10-13-8-6-5-7-9-13/h12-13H,5-11H2,1-4H3,(H,17,22). The average Bonchev–Trinajstić information content (AvgIpc) is 2.50. The minimum Gasteiger partial charge on any atom is -0.349 e. The first kappa shape index (κ1) is 18.6. The predicted octanol–water partition coefficient (Wildman–Crippen LogP) is 0.661. The molecule has 1 aliphatic rings. The molecule has 126 valence electrons. The van der Waals surface area contributed by atoms with Gasteiger partial charge in [0.05, 0.1) is 12.6 Å². The fourth-order valence-electron chi connectivity index (χ4n) is 2.68. The molecule has 0 aromatic carbocycles. The van der Waals surface area contributed by atoms with Crippen molar-refractivity contribution in [2.24, 2.45) is 5.92 Å². The topological polar surface area (TPSA) is 69.7 Å². The van der Waals surface area contributed by atoms with Crippen LogP contribution < -0.4 is 5.32 Å². The number of amides is 2. The van der Waals surface area contributed by atoms with Crippen molar-refractivity contribution < 1.29 is 14.4 Å². The summed E-state index contributed by atoms with van der Waals surface area (Å²) in [6, 6.07) is -0.737. The van der Waals surface area contributed by atoms with E-state index in [1.807, 2.05) is 0 Å². The van der Waals surface area contributed by atoms with E-state index in [1.165, 1.54) is 24.2 Å². The summed E-state index contributed by atoms with van der Waals surface area (Å²) in [6.07, 6.45) is 5.90. The molecular formula is C16H29N3O3. The minimum absolute atomic E-state index is 0.175. The van der Waals surface area contributed by atoms with Crippen molar-refractivity contribution in [1.29, 1.82) is 0 Å². The highest BCUT2D eigenvalue weighted by atomic mass is 16.2. The third-order valence-corrected chi connectivity index (χ3v) is 4.31. The highest BCUT2D eigenvalue weighted by Crippen LogP contribution is 2.22. The summed E-state index contributed by atoms with van der Waals surface area (Å²) in [6.45, 7) is 2.38. The number of nitrogens with zero attached hydrogens (tertiary/aromatic N) is 2. The van der Waals surface area contributed by atoms with E-state index >= 15 is 0 Å². The molecule has 0 aromatic heterocycles. The molecule has 1 saturated carbocycles. The second-order valence-corrected chi connectivity index (χ2v) is 6.50. The Morgan fingerprint density at radius 3 is 2.23 bits per heavy atom. The van der Waals surface area contributed by atoms with Gasteiger partial charge in [0, 0.05) is 13.6 Å². The van der Waals surface area contributed by atoms with Gasteiger partial charge in [0.25, 0.3) is 5.91 Å². The van der Waals surface area contributed by atoms with Gasteiger partial charge in [0.15, 0.2) is 0 Å². The molecule has 0 bridgehead atoms. The largest absolute Gasteiger partial charge is 0.349 e. The van der Waals surface area contributed by atoms with E-state index in [9.17, 15) is 14.4 Å². The molecule has 0 spiro atoms. The molecule has 1 atom stereocenters. The maximum Gasteiger partial charge on any atom is 0.289 e. The summed E-state index contributed by atoms with van der Waals surface area (Å²) in [7, 11) is 5.13. The number of nitrogens with one attached hydrogen (secondary N) is 1. The number of rotatable bonds is 7. The molecule has 1 rings (SSSR count). The monoisotopic (exact) mass is 311 g/mol. The van der Waals surface area contributed by atoms with Crippen molar-refractivity contribution in [2.45, 2.75) is 45.1 Å². The van der Waals surface area contributed by atoms with Crippen molar-refractivity contribution in [2.75, 3.05) is 34.2 Å². The van der Waals surface area contributed by atoms with Crippen LogP contribution in [0.3, 0.4) is 0 Å². The molecule has 0 heterocycles. The van der Waals surface area contributed by atoms with E-state index in [4.69, 9.17) is 0 Å². The zero-order chi connectivity index (χ0) is 16.7. The lowest BCUT2D eigenvalue weighted by Gasteiger charge is -2.25. The highest BCUT2D eigenvalue weighted by molar-refractivity contribution is 6.38. The van der Waals surface area contributed by atoms with E-state index in [2.05, 4.69) is 5.32 Å². The summed E-state index contributed by atoms with van der Waals surface area (Å²) in [4.78, 5) is 39.1. The molecule has 0 aromatic rings. The molecule has 2 amide bonds. The van der Waals surface area contributed by atoms with Crippen molar-refractivity contribution in [3.05, 3.63) is 0 Å². The van der Waals surface area contributed by atoms with E-state index in [0.29, 0.717) is 12.5 Å². The maximum absolute atomic E-state index is 12.1. The lowest BCUT2D eigenvalue weighted by molar-refractivity contribution is -0.144. The molecule has 0 radical (unpaired) electrons. The maximum atomic E-state index is 12.1. The Morgan fingerprint density at radius 1 is 1.09 bits per heavy atom. The van der Waals surface area contributed by atoms with Crippen LogP contribution in [0.15, 0.2) is 0 Å². The first-order valence-corrected chi connectivity index (χ1v) is 8.05. The Labute approximate surface area is 133 Å². The Morgan fingerprint density at radius 2 is 1.68 bits per heavy atom. The summed E-state index contributed by atoms with van der Waals surface area (Å²) in [5.74, 6) is -0.826. The lowest BCUT2D eigenvalue weighted by Crippen LogP contribution is -2.49. The average molecular weight is 311 g/mol.